The highest BCUT2D eigenvalue weighted by atomic mass is 19.1. The van der Waals surface area contributed by atoms with Gasteiger partial charge in [-0.15, -0.1) is 0 Å². The molecule has 0 aromatic heterocycles. The lowest BCUT2D eigenvalue weighted by molar-refractivity contribution is -0.142. The van der Waals surface area contributed by atoms with E-state index in [1.54, 1.807) is 29.2 Å². The van der Waals surface area contributed by atoms with Crippen LogP contribution in [0.1, 0.15) is 62.7 Å². The second-order valence-electron chi connectivity index (χ2n) is 9.93. The van der Waals surface area contributed by atoms with Crippen LogP contribution in [-0.4, -0.2) is 61.1 Å². The zero-order valence-corrected chi connectivity index (χ0v) is 22.1. The fourth-order valence-electron chi connectivity index (χ4n) is 4.83. The number of hydrogen-bond donors (Lipinski definition) is 2. The molecular weight excluding hydrogens is 477 g/mol. The molecule has 9 heteroatoms. The van der Waals surface area contributed by atoms with Crippen LogP contribution in [0.15, 0.2) is 36.7 Å². The van der Waals surface area contributed by atoms with E-state index in [9.17, 15) is 23.6 Å². The number of nitrogens with two attached hydrogens (primary N) is 1. The van der Waals surface area contributed by atoms with E-state index in [1.165, 1.54) is 7.11 Å². The quantitative estimate of drug-likeness (QED) is 0.255. The minimum Gasteiger partial charge on any atom is -0.496 e. The van der Waals surface area contributed by atoms with Gasteiger partial charge in [-0.3, -0.25) is 19.2 Å². The number of ether oxygens (including phenoxy) is 1. The molecule has 0 bridgehead atoms. The van der Waals surface area contributed by atoms with Crippen LogP contribution in [0.4, 0.5) is 4.39 Å². The van der Waals surface area contributed by atoms with Crippen molar-refractivity contribution in [3.8, 4) is 5.75 Å². The van der Waals surface area contributed by atoms with Crippen molar-refractivity contribution in [3.63, 3.8) is 0 Å². The largest absolute Gasteiger partial charge is 0.496 e. The predicted molar refractivity (Wildman–Crippen MR) is 140 cm³/mol. The summed E-state index contributed by atoms with van der Waals surface area (Å²) >= 11 is 0. The molecule has 0 aliphatic carbocycles. The summed E-state index contributed by atoms with van der Waals surface area (Å²) in [6.45, 7) is 7.03. The Labute approximate surface area is 218 Å². The third kappa shape index (κ3) is 8.40. The number of benzene rings is 1. The fourth-order valence-corrected chi connectivity index (χ4v) is 4.83. The fraction of sp³-hybridized carbons (Fsp3) is 0.571. The number of nitrogens with one attached hydrogen (secondary N) is 1. The number of carbonyl (C=O) groups is 4. The van der Waals surface area contributed by atoms with E-state index >= 15 is 0 Å². The number of likely N-dealkylation sites (tertiary alicyclic amines) is 1. The van der Waals surface area contributed by atoms with Gasteiger partial charge in [0.1, 0.15) is 12.4 Å². The highest BCUT2D eigenvalue weighted by Crippen LogP contribution is 2.30. The summed E-state index contributed by atoms with van der Waals surface area (Å²) in [5.41, 5.74) is 5.89. The molecule has 1 aliphatic heterocycles. The molecule has 1 aliphatic rings. The topological polar surface area (TPSA) is 119 Å². The van der Waals surface area contributed by atoms with Crippen molar-refractivity contribution in [2.45, 2.75) is 58.4 Å². The van der Waals surface area contributed by atoms with Gasteiger partial charge in [0, 0.05) is 37.8 Å². The number of nitrogens with zero attached hydrogens (tertiary/aromatic N) is 1. The molecule has 3 atom stereocenters. The summed E-state index contributed by atoms with van der Waals surface area (Å²) in [5, 5.41) is 2.85. The molecular formula is C28H40FN3O5. The standard InChI is InChI=1S/C28H40FN3O5/c1-18(2)22(16-24(33)21-10-5-6-12-27(21)37-4)28(36)32-14-8-11-23(32)25(34)15-20(26(35)17-29)9-7-13-31-19(3)30/h5-6,10,12,18,20,22-23,31H,3,7-9,11,13-17,30H2,1-2,4H3/t20-,22+,23+/m1/s1. The Bertz CT molecular complexity index is 980. The summed E-state index contributed by atoms with van der Waals surface area (Å²) in [4.78, 5) is 53.7. The Balaban J connectivity index is 2.11. The molecule has 2 rings (SSSR count). The molecule has 0 saturated carbocycles. The number of alkyl halides is 1. The first kappa shape index (κ1) is 30.0. The predicted octanol–water partition coefficient (Wildman–Crippen LogP) is 3.44. The Kier molecular flexibility index (Phi) is 11.8. The number of methoxy groups -OCH3 is 1. The van der Waals surface area contributed by atoms with Gasteiger partial charge in [0.15, 0.2) is 17.3 Å². The van der Waals surface area contributed by atoms with Crippen LogP contribution in [0.25, 0.3) is 0 Å². The van der Waals surface area contributed by atoms with Crippen LogP contribution < -0.4 is 15.8 Å². The summed E-state index contributed by atoms with van der Waals surface area (Å²) in [7, 11) is 1.49. The van der Waals surface area contributed by atoms with Crippen LogP contribution in [0.3, 0.4) is 0 Å². The third-order valence-electron chi connectivity index (χ3n) is 6.96. The molecule has 1 heterocycles. The molecule has 204 valence electrons. The van der Waals surface area contributed by atoms with Crippen molar-refractivity contribution in [2.24, 2.45) is 23.5 Å². The minimum atomic E-state index is -1.14. The Morgan fingerprint density at radius 3 is 2.54 bits per heavy atom. The van der Waals surface area contributed by atoms with Gasteiger partial charge in [0.05, 0.1) is 24.5 Å². The van der Waals surface area contributed by atoms with E-state index in [0.29, 0.717) is 55.9 Å². The van der Waals surface area contributed by atoms with E-state index in [-0.39, 0.29) is 36.2 Å². The van der Waals surface area contributed by atoms with Crippen molar-refractivity contribution >= 4 is 23.3 Å². The number of ketones is 3. The maximum absolute atomic E-state index is 13.6. The number of para-hydroxylation sites is 1. The maximum atomic E-state index is 13.6. The normalized spacial score (nSPS) is 16.8. The highest BCUT2D eigenvalue weighted by Gasteiger charge is 2.39. The molecule has 8 nitrogen and oxygen atoms in total. The molecule has 0 radical (unpaired) electrons. The van der Waals surface area contributed by atoms with Crippen molar-refractivity contribution in [2.75, 3.05) is 26.9 Å². The summed E-state index contributed by atoms with van der Waals surface area (Å²) < 4.78 is 18.5. The monoisotopic (exact) mass is 517 g/mol. The van der Waals surface area contributed by atoms with Gasteiger partial charge in [0.25, 0.3) is 0 Å². The van der Waals surface area contributed by atoms with Crippen LogP contribution in [-0.2, 0) is 14.4 Å². The van der Waals surface area contributed by atoms with E-state index in [1.807, 2.05) is 13.8 Å². The summed E-state index contributed by atoms with van der Waals surface area (Å²) in [6, 6.07) is 6.22. The highest BCUT2D eigenvalue weighted by molar-refractivity contribution is 6.01. The summed E-state index contributed by atoms with van der Waals surface area (Å²) in [5.74, 6) is -2.04. The smallest absolute Gasteiger partial charge is 0.227 e. The average Bonchev–Trinajstić information content (AvgIpc) is 3.37. The number of Topliss-reactive ketones (excluding diaryl/α,β-unsaturated/α-hetero) is 3. The Hall–Kier alpha value is -3.23. The first-order valence-electron chi connectivity index (χ1n) is 12.9. The molecule has 0 spiro atoms. The molecule has 0 unspecified atom stereocenters. The van der Waals surface area contributed by atoms with Gasteiger partial charge in [-0.05, 0) is 43.7 Å². The molecule has 1 amide bonds. The SMILES string of the molecule is C=C(N)NCCC[C@H](CC(=O)[C@@H]1CCCN1C(=O)[C@@H](CC(=O)c1ccccc1OC)C(C)C)C(=O)CF. The second-order valence-corrected chi connectivity index (χ2v) is 9.93. The summed E-state index contributed by atoms with van der Waals surface area (Å²) in [6.07, 6.45) is 1.87. The first-order chi connectivity index (χ1) is 17.6. The number of amides is 1. The third-order valence-corrected chi connectivity index (χ3v) is 6.96. The second kappa shape index (κ2) is 14.5. The van der Waals surface area contributed by atoms with Gasteiger partial charge in [-0.2, -0.15) is 0 Å². The van der Waals surface area contributed by atoms with Gasteiger partial charge in [-0.1, -0.05) is 32.6 Å². The van der Waals surface area contributed by atoms with E-state index in [2.05, 4.69) is 11.9 Å². The zero-order valence-electron chi connectivity index (χ0n) is 22.1. The van der Waals surface area contributed by atoms with Crippen molar-refractivity contribution < 1.29 is 28.3 Å². The van der Waals surface area contributed by atoms with Crippen LogP contribution in [0.5, 0.6) is 5.75 Å². The van der Waals surface area contributed by atoms with Crippen LogP contribution in [0.2, 0.25) is 0 Å². The van der Waals surface area contributed by atoms with Crippen molar-refractivity contribution in [1.82, 2.24) is 10.2 Å². The van der Waals surface area contributed by atoms with E-state index in [4.69, 9.17) is 10.5 Å². The van der Waals surface area contributed by atoms with Crippen LogP contribution >= 0.6 is 0 Å². The molecule has 1 aromatic rings. The van der Waals surface area contributed by atoms with Crippen LogP contribution in [0, 0.1) is 17.8 Å². The van der Waals surface area contributed by atoms with Gasteiger partial charge < -0.3 is 20.7 Å². The number of halogens is 1. The van der Waals surface area contributed by atoms with Crippen molar-refractivity contribution in [3.05, 3.63) is 42.2 Å². The molecule has 1 aromatic carbocycles. The van der Waals surface area contributed by atoms with E-state index in [0.717, 1.165) is 0 Å². The Morgan fingerprint density at radius 1 is 1.22 bits per heavy atom. The average molecular weight is 518 g/mol. The van der Waals surface area contributed by atoms with E-state index < -0.39 is 30.3 Å². The van der Waals surface area contributed by atoms with Gasteiger partial charge >= 0.3 is 0 Å². The lowest BCUT2D eigenvalue weighted by Gasteiger charge is -2.30. The maximum Gasteiger partial charge on any atom is 0.227 e. The lowest BCUT2D eigenvalue weighted by Crippen LogP contribution is -2.45. The Morgan fingerprint density at radius 2 is 1.92 bits per heavy atom. The number of carbonyl (C=O) groups excluding carboxylic acids is 4. The zero-order chi connectivity index (χ0) is 27.5. The molecule has 37 heavy (non-hydrogen) atoms. The molecule has 3 N–H and O–H groups in total. The first-order valence-corrected chi connectivity index (χ1v) is 12.9. The van der Waals surface area contributed by atoms with Crippen molar-refractivity contribution in [1.29, 1.82) is 0 Å². The van der Waals surface area contributed by atoms with Gasteiger partial charge in [-0.25, -0.2) is 4.39 Å². The minimum absolute atomic E-state index is 0.00329. The molecule has 1 saturated heterocycles. The lowest BCUT2D eigenvalue weighted by atomic mass is 9.86. The number of hydrogen-bond acceptors (Lipinski definition) is 7. The van der Waals surface area contributed by atoms with Gasteiger partial charge in [0.2, 0.25) is 5.91 Å². The molecule has 1 fully saturated rings. The number of rotatable bonds is 16.